The van der Waals surface area contributed by atoms with Crippen LogP contribution in [0.3, 0.4) is 0 Å². The van der Waals surface area contributed by atoms with Gasteiger partial charge >= 0.3 is 0 Å². The fraction of sp³-hybridized carbons (Fsp3) is 0.389. The second-order valence-corrected chi connectivity index (χ2v) is 6.30. The second kappa shape index (κ2) is 6.77. The van der Waals surface area contributed by atoms with E-state index in [2.05, 4.69) is 23.8 Å². The minimum Gasteiger partial charge on any atom is -0.368 e. The molecule has 0 saturated heterocycles. The van der Waals surface area contributed by atoms with Crippen LogP contribution < -0.4 is 4.90 Å². The maximum absolute atomic E-state index is 10.7. The highest BCUT2D eigenvalue weighted by Crippen LogP contribution is 2.36. The van der Waals surface area contributed by atoms with Crippen molar-refractivity contribution in [1.29, 1.82) is 0 Å². The van der Waals surface area contributed by atoms with E-state index in [1.807, 2.05) is 30.3 Å². The zero-order chi connectivity index (χ0) is 16.4. The van der Waals surface area contributed by atoms with Gasteiger partial charge in [0.1, 0.15) is 5.82 Å². The van der Waals surface area contributed by atoms with Gasteiger partial charge in [0.15, 0.2) is 6.23 Å². The molecule has 0 saturated carbocycles. The van der Waals surface area contributed by atoms with E-state index in [9.17, 15) is 5.11 Å². The molecule has 0 radical (unpaired) electrons. The maximum Gasteiger partial charge on any atom is 0.173 e. The summed E-state index contributed by atoms with van der Waals surface area (Å²) in [7, 11) is 0. The number of aliphatic hydroxyl groups excluding tert-OH is 1. The van der Waals surface area contributed by atoms with Crippen LogP contribution in [0.4, 0.5) is 5.82 Å². The number of benzene rings is 1. The Kier molecular flexibility index (Phi) is 4.74. The molecule has 122 valence electrons. The van der Waals surface area contributed by atoms with Gasteiger partial charge in [0, 0.05) is 35.3 Å². The van der Waals surface area contributed by atoms with Crippen molar-refractivity contribution in [3.8, 4) is 0 Å². The van der Waals surface area contributed by atoms with Crippen LogP contribution in [0.1, 0.15) is 38.5 Å². The molecule has 1 aromatic carbocycles. The SMILES string of the molecule is CCCCN1C(C)=C(Cc2ccccc2Cl)C(O)n2nccc21. The third-order valence-electron chi connectivity index (χ3n) is 4.41. The van der Waals surface area contributed by atoms with Gasteiger partial charge in [-0.15, -0.1) is 0 Å². The molecule has 0 aliphatic carbocycles. The Labute approximate surface area is 142 Å². The molecule has 0 bridgehead atoms. The number of hydrogen-bond donors (Lipinski definition) is 1. The average Bonchev–Trinajstić information content (AvgIpc) is 3.03. The monoisotopic (exact) mass is 331 g/mol. The second-order valence-electron chi connectivity index (χ2n) is 5.89. The molecule has 1 aliphatic heterocycles. The van der Waals surface area contributed by atoms with Gasteiger partial charge in [-0.05, 0) is 25.0 Å². The van der Waals surface area contributed by atoms with Crippen LogP contribution in [0.15, 0.2) is 47.8 Å². The molecule has 2 aromatic rings. The van der Waals surface area contributed by atoms with Crippen molar-refractivity contribution in [3.63, 3.8) is 0 Å². The summed E-state index contributed by atoms with van der Waals surface area (Å²) < 4.78 is 1.69. The number of halogens is 1. The third-order valence-corrected chi connectivity index (χ3v) is 4.78. The molecule has 1 aromatic heterocycles. The van der Waals surface area contributed by atoms with E-state index >= 15 is 0 Å². The zero-order valence-electron chi connectivity index (χ0n) is 13.5. The highest BCUT2D eigenvalue weighted by Gasteiger charge is 2.29. The first-order valence-electron chi connectivity index (χ1n) is 8.05. The van der Waals surface area contributed by atoms with Gasteiger partial charge in [-0.3, -0.25) is 0 Å². The fourth-order valence-corrected chi connectivity index (χ4v) is 3.26. The topological polar surface area (TPSA) is 41.3 Å². The van der Waals surface area contributed by atoms with E-state index < -0.39 is 6.23 Å². The summed E-state index contributed by atoms with van der Waals surface area (Å²) in [5, 5.41) is 15.8. The standard InChI is InChI=1S/C18H22ClN3O/c1-3-4-11-21-13(2)15(12-14-7-5-6-8-16(14)19)18(23)22-17(21)9-10-20-22/h5-10,18,23H,3-4,11-12H2,1-2H3. The van der Waals surface area contributed by atoms with Crippen LogP contribution in [0.2, 0.25) is 5.02 Å². The van der Waals surface area contributed by atoms with Gasteiger partial charge in [0.25, 0.3) is 0 Å². The smallest absolute Gasteiger partial charge is 0.173 e. The van der Waals surface area contributed by atoms with Crippen molar-refractivity contribution in [2.45, 2.75) is 39.3 Å². The molecule has 0 amide bonds. The van der Waals surface area contributed by atoms with E-state index in [1.165, 1.54) is 0 Å². The van der Waals surface area contributed by atoms with Crippen LogP contribution >= 0.6 is 11.6 Å². The summed E-state index contributed by atoms with van der Waals surface area (Å²) in [6, 6.07) is 9.74. The van der Waals surface area contributed by atoms with E-state index in [1.54, 1.807) is 10.9 Å². The first kappa shape index (κ1) is 16.1. The average molecular weight is 332 g/mol. The van der Waals surface area contributed by atoms with Gasteiger partial charge in [-0.25, -0.2) is 4.68 Å². The number of anilines is 1. The summed E-state index contributed by atoms with van der Waals surface area (Å²) in [5.41, 5.74) is 3.07. The molecule has 23 heavy (non-hydrogen) atoms. The largest absolute Gasteiger partial charge is 0.368 e. The highest BCUT2D eigenvalue weighted by molar-refractivity contribution is 6.31. The predicted molar refractivity (Wildman–Crippen MR) is 93.6 cm³/mol. The molecular weight excluding hydrogens is 310 g/mol. The lowest BCUT2D eigenvalue weighted by molar-refractivity contribution is 0.121. The van der Waals surface area contributed by atoms with Crippen LogP contribution in [-0.2, 0) is 6.42 Å². The van der Waals surface area contributed by atoms with Crippen molar-refractivity contribution in [1.82, 2.24) is 9.78 Å². The molecule has 1 N–H and O–H groups in total. The number of rotatable bonds is 5. The predicted octanol–water partition coefficient (Wildman–Crippen LogP) is 4.16. The Morgan fingerprint density at radius 1 is 1.26 bits per heavy atom. The van der Waals surface area contributed by atoms with Gasteiger partial charge in [0.05, 0.1) is 6.20 Å². The summed E-state index contributed by atoms with van der Waals surface area (Å²) >= 11 is 6.30. The normalized spacial score (nSPS) is 17.6. The van der Waals surface area contributed by atoms with Crippen molar-refractivity contribution >= 4 is 17.4 Å². The highest BCUT2D eigenvalue weighted by atomic mass is 35.5. The number of aromatic nitrogens is 2. The lowest BCUT2D eigenvalue weighted by Crippen LogP contribution is -2.34. The van der Waals surface area contributed by atoms with Crippen molar-refractivity contribution < 1.29 is 5.11 Å². The van der Waals surface area contributed by atoms with Crippen LogP contribution in [-0.4, -0.2) is 21.4 Å². The molecule has 1 atom stereocenters. The number of nitrogens with zero attached hydrogens (tertiary/aromatic N) is 3. The van der Waals surface area contributed by atoms with E-state index in [0.717, 1.165) is 47.1 Å². The Hall–Kier alpha value is -1.78. The molecule has 5 heteroatoms. The van der Waals surface area contributed by atoms with Gasteiger partial charge in [-0.2, -0.15) is 5.10 Å². The van der Waals surface area contributed by atoms with Crippen LogP contribution in [0.25, 0.3) is 0 Å². The van der Waals surface area contributed by atoms with Crippen molar-refractivity contribution in [2.75, 3.05) is 11.4 Å². The number of fused-ring (bicyclic) bond motifs is 1. The molecule has 1 unspecified atom stereocenters. The van der Waals surface area contributed by atoms with E-state index in [4.69, 9.17) is 11.6 Å². The van der Waals surface area contributed by atoms with Crippen molar-refractivity contribution in [3.05, 3.63) is 58.4 Å². The first-order chi connectivity index (χ1) is 11.1. The number of aliphatic hydroxyl groups is 1. The zero-order valence-corrected chi connectivity index (χ0v) is 14.3. The minimum atomic E-state index is -0.742. The molecule has 1 aliphatic rings. The lowest BCUT2D eigenvalue weighted by atomic mass is 10.00. The summed E-state index contributed by atoms with van der Waals surface area (Å²) in [4.78, 5) is 2.25. The molecule has 4 nitrogen and oxygen atoms in total. The van der Waals surface area contributed by atoms with Crippen molar-refractivity contribution in [2.24, 2.45) is 0 Å². The van der Waals surface area contributed by atoms with Gasteiger partial charge in [-0.1, -0.05) is 43.1 Å². The Morgan fingerprint density at radius 2 is 2.04 bits per heavy atom. The molecule has 3 rings (SSSR count). The Morgan fingerprint density at radius 3 is 2.78 bits per heavy atom. The summed E-state index contributed by atoms with van der Waals surface area (Å²) in [5.74, 6) is 0.950. The van der Waals surface area contributed by atoms with Gasteiger partial charge in [0.2, 0.25) is 0 Å². The maximum atomic E-state index is 10.7. The quantitative estimate of drug-likeness (QED) is 0.894. The Bertz CT molecular complexity index is 723. The van der Waals surface area contributed by atoms with Crippen LogP contribution in [0.5, 0.6) is 0 Å². The molecule has 0 spiro atoms. The summed E-state index contributed by atoms with van der Waals surface area (Å²) in [6.07, 6.45) is 3.84. The number of unbranched alkanes of at least 4 members (excludes halogenated alkanes) is 1. The number of hydrogen-bond acceptors (Lipinski definition) is 3. The van der Waals surface area contributed by atoms with Gasteiger partial charge < -0.3 is 10.0 Å². The Balaban J connectivity index is 1.98. The molecular formula is C18H22ClN3O. The fourth-order valence-electron chi connectivity index (χ4n) is 3.05. The summed E-state index contributed by atoms with van der Waals surface area (Å²) in [6.45, 7) is 5.17. The molecule has 2 heterocycles. The third kappa shape index (κ3) is 3.01. The van der Waals surface area contributed by atoms with Crippen LogP contribution in [0, 0.1) is 0 Å². The molecule has 0 fully saturated rings. The van der Waals surface area contributed by atoms with E-state index in [-0.39, 0.29) is 0 Å². The lowest BCUT2D eigenvalue weighted by Gasteiger charge is -2.35. The first-order valence-corrected chi connectivity index (χ1v) is 8.43. The minimum absolute atomic E-state index is 0.620. The number of allylic oxidation sites excluding steroid dienone is 1. The van der Waals surface area contributed by atoms with E-state index in [0.29, 0.717) is 6.42 Å².